The van der Waals surface area contributed by atoms with E-state index in [9.17, 15) is 9.59 Å². The summed E-state index contributed by atoms with van der Waals surface area (Å²) in [6, 6.07) is 0.130. The van der Waals surface area contributed by atoms with Crippen LogP contribution in [0, 0.1) is 0 Å². The smallest absolute Gasteiger partial charge is 0.410 e. The van der Waals surface area contributed by atoms with Crippen molar-refractivity contribution in [1.82, 2.24) is 19.9 Å². The number of nitrogens with zero attached hydrogens (tertiary/aromatic N) is 4. The van der Waals surface area contributed by atoms with Crippen LogP contribution in [0.5, 0.6) is 0 Å². The average molecular weight is 393 g/mol. The SMILES string of the molecule is CCOC(=O)c1nnn(C2CCN(C(=O)OC(C)(C)C)CC2)c1C1CCCC1. The Bertz CT molecular complexity index is 696. The van der Waals surface area contributed by atoms with Crippen molar-refractivity contribution in [1.29, 1.82) is 0 Å². The van der Waals surface area contributed by atoms with E-state index in [2.05, 4.69) is 10.3 Å². The van der Waals surface area contributed by atoms with E-state index in [-0.39, 0.29) is 18.1 Å². The standard InChI is InChI=1S/C20H32N4O4/c1-5-27-18(25)16-17(14-8-6-7-9-14)24(22-21-16)15-10-12-23(13-11-15)19(26)28-20(2,3)4/h14-15H,5-13H2,1-4H3. The Morgan fingerprint density at radius 3 is 2.32 bits per heavy atom. The number of carbonyl (C=O) groups is 2. The predicted octanol–water partition coefficient (Wildman–Crippen LogP) is 3.68. The number of ether oxygens (including phenoxy) is 2. The number of carbonyl (C=O) groups excluding carboxylic acids is 2. The molecule has 0 aromatic carbocycles. The Labute approximate surface area is 166 Å². The zero-order valence-electron chi connectivity index (χ0n) is 17.4. The molecule has 0 unspecified atom stereocenters. The molecule has 28 heavy (non-hydrogen) atoms. The molecule has 1 aromatic rings. The van der Waals surface area contributed by atoms with Crippen molar-refractivity contribution in [3.63, 3.8) is 0 Å². The first-order valence-corrected chi connectivity index (χ1v) is 10.4. The number of hydrogen-bond acceptors (Lipinski definition) is 6. The molecule has 156 valence electrons. The summed E-state index contributed by atoms with van der Waals surface area (Å²) in [6.45, 7) is 8.96. The maximum Gasteiger partial charge on any atom is 0.410 e. The van der Waals surface area contributed by atoms with E-state index >= 15 is 0 Å². The molecule has 1 saturated heterocycles. The van der Waals surface area contributed by atoms with E-state index in [1.54, 1.807) is 11.8 Å². The molecule has 0 spiro atoms. The number of amides is 1. The van der Waals surface area contributed by atoms with Crippen molar-refractivity contribution < 1.29 is 19.1 Å². The van der Waals surface area contributed by atoms with Gasteiger partial charge in [0.25, 0.3) is 0 Å². The van der Waals surface area contributed by atoms with Crippen LogP contribution in [-0.2, 0) is 9.47 Å². The second-order valence-electron chi connectivity index (χ2n) is 8.67. The van der Waals surface area contributed by atoms with Gasteiger partial charge in [0.15, 0.2) is 5.69 Å². The van der Waals surface area contributed by atoms with Gasteiger partial charge in [-0.05, 0) is 53.4 Å². The van der Waals surface area contributed by atoms with E-state index < -0.39 is 5.60 Å². The second-order valence-corrected chi connectivity index (χ2v) is 8.67. The Morgan fingerprint density at radius 2 is 1.75 bits per heavy atom. The number of likely N-dealkylation sites (tertiary alicyclic amines) is 1. The molecule has 0 radical (unpaired) electrons. The highest BCUT2D eigenvalue weighted by atomic mass is 16.6. The summed E-state index contributed by atoms with van der Waals surface area (Å²) in [5.41, 5.74) is 0.791. The van der Waals surface area contributed by atoms with Gasteiger partial charge in [-0.2, -0.15) is 0 Å². The van der Waals surface area contributed by atoms with Crippen LogP contribution in [0.2, 0.25) is 0 Å². The molecular formula is C20H32N4O4. The van der Waals surface area contributed by atoms with Gasteiger partial charge in [-0.15, -0.1) is 5.10 Å². The molecule has 2 aliphatic rings. The molecule has 0 bridgehead atoms. The van der Waals surface area contributed by atoms with Crippen molar-refractivity contribution >= 4 is 12.1 Å². The van der Waals surface area contributed by atoms with Gasteiger partial charge >= 0.3 is 12.1 Å². The van der Waals surface area contributed by atoms with Gasteiger partial charge in [-0.1, -0.05) is 18.1 Å². The summed E-state index contributed by atoms with van der Waals surface area (Å²) >= 11 is 0. The molecule has 3 rings (SSSR count). The first-order chi connectivity index (χ1) is 13.3. The predicted molar refractivity (Wildman–Crippen MR) is 103 cm³/mol. The highest BCUT2D eigenvalue weighted by Gasteiger charge is 2.34. The van der Waals surface area contributed by atoms with Gasteiger partial charge in [0, 0.05) is 19.0 Å². The van der Waals surface area contributed by atoms with Crippen molar-refractivity contribution in [3.05, 3.63) is 11.4 Å². The monoisotopic (exact) mass is 392 g/mol. The number of piperidine rings is 1. The first-order valence-electron chi connectivity index (χ1n) is 10.4. The molecule has 0 atom stereocenters. The largest absolute Gasteiger partial charge is 0.461 e. The summed E-state index contributed by atoms with van der Waals surface area (Å²) < 4.78 is 12.6. The maximum absolute atomic E-state index is 12.4. The molecular weight excluding hydrogens is 360 g/mol. The first kappa shape index (κ1) is 20.6. The number of rotatable bonds is 4. The molecule has 2 fully saturated rings. The van der Waals surface area contributed by atoms with Gasteiger partial charge in [0.05, 0.1) is 18.3 Å². The van der Waals surface area contributed by atoms with Gasteiger partial charge in [-0.3, -0.25) is 0 Å². The Kier molecular flexibility index (Phi) is 6.25. The molecule has 0 N–H and O–H groups in total. The molecule has 1 aliphatic heterocycles. The summed E-state index contributed by atoms with van der Waals surface area (Å²) in [6.07, 6.45) is 5.69. The molecule has 2 heterocycles. The lowest BCUT2D eigenvalue weighted by Crippen LogP contribution is -2.42. The van der Waals surface area contributed by atoms with Gasteiger partial charge in [-0.25, -0.2) is 14.3 Å². The lowest BCUT2D eigenvalue weighted by molar-refractivity contribution is 0.0183. The van der Waals surface area contributed by atoms with Gasteiger partial charge in [0.1, 0.15) is 5.60 Å². The lowest BCUT2D eigenvalue weighted by Gasteiger charge is -2.34. The molecule has 8 nitrogen and oxygen atoms in total. The van der Waals surface area contributed by atoms with Crippen molar-refractivity contribution in [2.24, 2.45) is 0 Å². The van der Waals surface area contributed by atoms with Crippen molar-refractivity contribution in [2.45, 2.75) is 83.8 Å². The fourth-order valence-corrected chi connectivity index (χ4v) is 4.11. The van der Waals surface area contributed by atoms with Crippen LogP contribution >= 0.6 is 0 Å². The maximum atomic E-state index is 12.4. The molecule has 1 aliphatic carbocycles. The summed E-state index contributed by atoms with van der Waals surface area (Å²) in [7, 11) is 0. The highest BCUT2D eigenvalue weighted by molar-refractivity contribution is 5.88. The van der Waals surface area contributed by atoms with Crippen LogP contribution in [0.4, 0.5) is 4.79 Å². The summed E-state index contributed by atoms with van der Waals surface area (Å²) in [4.78, 5) is 26.4. The van der Waals surface area contributed by atoms with Crippen LogP contribution in [0.1, 0.15) is 94.4 Å². The number of aromatic nitrogens is 3. The normalized spacial score (nSPS) is 19.1. The molecule has 1 aromatic heterocycles. The zero-order chi connectivity index (χ0) is 20.3. The van der Waals surface area contributed by atoms with Crippen molar-refractivity contribution in [3.8, 4) is 0 Å². The van der Waals surface area contributed by atoms with E-state index in [0.29, 0.717) is 31.3 Å². The van der Waals surface area contributed by atoms with Crippen LogP contribution in [0.25, 0.3) is 0 Å². The quantitative estimate of drug-likeness (QED) is 0.727. The van der Waals surface area contributed by atoms with E-state index in [4.69, 9.17) is 9.47 Å². The van der Waals surface area contributed by atoms with Crippen LogP contribution in [-0.4, -0.2) is 57.3 Å². The molecule has 8 heteroatoms. The van der Waals surface area contributed by atoms with Gasteiger partial charge in [0.2, 0.25) is 0 Å². The van der Waals surface area contributed by atoms with Gasteiger partial charge < -0.3 is 14.4 Å². The summed E-state index contributed by atoms with van der Waals surface area (Å²) in [5.74, 6) is -0.0832. The minimum atomic E-state index is -0.496. The molecule has 1 amide bonds. The second kappa shape index (κ2) is 8.49. The Hall–Kier alpha value is -2.12. The van der Waals surface area contributed by atoms with E-state index in [1.807, 2.05) is 25.5 Å². The fourth-order valence-electron chi connectivity index (χ4n) is 4.11. The lowest BCUT2D eigenvalue weighted by atomic mass is 9.99. The van der Waals surface area contributed by atoms with Crippen molar-refractivity contribution in [2.75, 3.05) is 19.7 Å². The van der Waals surface area contributed by atoms with E-state index in [1.165, 1.54) is 0 Å². The zero-order valence-corrected chi connectivity index (χ0v) is 17.4. The number of esters is 1. The van der Waals surface area contributed by atoms with Crippen LogP contribution in [0.15, 0.2) is 0 Å². The average Bonchev–Trinajstić information content (AvgIpc) is 3.30. The van der Waals surface area contributed by atoms with E-state index in [0.717, 1.165) is 44.2 Å². The minimum Gasteiger partial charge on any atom is -0.461 e. The van der Waals surface area contributed by atoms with Crippen LogP contribution < -0.4 is 0 Å². The third kappa shape index (κ3) is 4.64. The minimum absolute atomic E-state index is 0.130. The highest BCUT2D eigenvalue weighted by Crippen LogP contribution is 2.38. The molecule has 1 saturated carbocycles. The third-order valence-electron chi connectivity index (χ3n) is 5.40. The number of hydrogen-bond donors (Lipinski definition) is 0. The Balaban J connectivity index is 1.74. The topological polar surface area (TPSA) is 86.5 Å². The Morgan fingerprint density at radius 1 is 1.11 bits per heavy atom. The van der Waals surface area contributed by atoms with Crippen LogP contribution in [0.3, 0.4) is 0 Å². The summed E-state index contributed by atoms with van der Waals surface area (Å²) in [5, 5.41) is 8.54. The third-order valence-corrected chi connectivity index (χ3v) is 5.40. The fraction of sp³-hybridized carbons (Fsp3) is 0.800.